The molecule has 6 nitrogen and oxygen atoms in total. The summed E-state index contributed by atoms with van der Waals surface area (Å²) in [6.45, 7) is 8.50. The first kappa shape index (κ1) is 32.3. The fourth-order valence-corrected chi connectivity index (χ4v) is 4.21. The summed E-state index contributed by atoms with van der Waals surface area (Å²) < 4.78 is 25.9. The Morgan fingerprint density at radius 3 is 1.61 bits per heavy atom. The van der Waals surface area contributed by atoms with Crippen LogP contribution in [0.3, 0.4) is 0 Å². The summed E-state index contributed by atoms with van der Waals surface area (Å²) in [6.07, 6.45) is 24.9. The van der Waals surface area contributed by atoms with Crippen molar-refractivity contribution in [2.45, 2.75) is 142 Å². The zero-order valence-corrected chi connectivity index (χ0v) is 23.0. The largest absolute Gasteiger partial charge is 0.330 e. The highest BCUT2D eigenvalue weighted by Crippen LogP contribution is 2.18. The number of nitrogens with one attached hydrogen (secondary N) is 1. The van der Waals surface area contributed by atoms with Crippen molar-refractivity contribution in [2.75, 3.05) is 19.5 Å². The van der Waals surface area contributed by atoms with Gasteiger partial charge >= 0.3 is 0 Å². The van der Waals surface area contributed by atoms with E-state index < -0.39 is 10.1 Å². The maximum absolute atomic E-state index is 11.7. The lowest BCUT2D eigenvalue weighted by molar-refractivity contribution is -0.128. The van der Waals surface area contributed by atoms with Crippen molar-refractivity contribution in [3.8, 4) is 0 Å². The highest BCUT2D eigenvalue weighted by atomic mass is 32.2. The van der Waals surface area contributed by atoms with Gasteiger partial charge in [-0.05, 0) is 26.7 Å². The number of hydrogen-bond donors (Lipinski definition) is 2. The summed E-state index contributed by atoms with van der Waals surface area (Å²) in [5.41, 5.74) is 0.138. The Hall–Kier alpha value is -0.660. The third-order valence-electron chi connectivity index (χ3n) is 6.33. The van der Waals surface area contributed by atoms with Gasteiger partial charge in [0.05, 0.1) is 12.9 Å². The molecule has 2 N–H and O–H groups in total. The molecule has 33 heavy (non-hydrogen) atoms. The van der Waals surface area contributed by atoms with Gasteiger partial charge in [0.2, 0.25) is 5.91 Å². The molecule has 198 valence electrons. The highest BCUT2D eigenvalue weighted by molar-refractivity contribution is 7.85. The van der Waals surface area contributed by atoms with Crippen molar-refractivity contribution >= 4 is 16.0 Å². The molecular formula is C26H54N2O4S. The number of hydrogen-bond acceptors (Lipinski definition) is 4. The summed E-state index contributed by atoms with van der Waals surface area (Å²) in [5.74, 6) is 0.315. The van der Waals surface area contributed by atoms with Gasteiger partial charge in [-0.1, -0.05) is 103 Å². The molecule has 0 aliphatic carbocycles. The molecule has 1 saturated heterocycles. The van der Waals surface area contributed by atoms with Crippen LogP contribution in [0, 0.1) is 0 Å². The molecule has 0 atom stereocenters. The fourth-order valence-electron chi connectivity index (χ4n) is 4.21. The van der Waals surface area contributed by atoms with E-state index in [1.807, 2.05) is 4.90 Å². The summed E-state index contributed by atoms with van der Waals surface area (Å²) >= 11 is 0. The number of amides is 1. The Kier molecular flexibility index (Phi) is 19.2. The molecule has 1 fully saturated rings. The smallest absolute Gasteiger partial charge is 0.261 e. The summed E-state index contributed by atoms with van der Waals surface area (Å²) in [6, 6.07) is 0. The van der Waals surface area contributed by atoms with Gasteiger partial charge in [-0.25, -0.2) is 0 Å². The predicted molar refractivity (Wildman–Crippen MR) is 140 cm³/mol. The van der Waals surface area contributed by atoms with Crippen LogP contribution in [0.1, 0.15) is 136 Å². The molecule has 0 spiro atoms. The molecule has 1 aliphatic heterocycles. The van der Waals surface area contributed by atoms with E-state index in [1.54, 1.807) is 0 Å². The van der Waals surface area contributed by atoms with Crippen LogP contribution in [0.4, 0.5) is 0 Å². The SMILES string of the molecule is CCCCCCCCCCCCCCCCCC(C)(C)NCN1CCCC1=O.CS(=O)(=O)O. The molecule has 0 aromatic heterocycles. The molecule has 0 saturated carbocycles. The quantitative estimate of drug-likeness (QED) is 0.155. The Morgan fingerprint density at radius 1 is 0.848 bits per heavy atom. The molecule has 0 aromatic carbocycles. The van der Waals surface area contributed by atoms with Crippen LogP contribution in [0.2, 0.25) is 0 Å². The van der Waals surface area contributed by atoms with Crippen molar-refractivity contribution in [1.82, 2.24) is 10.2 Å². The second-order valence-electron chi connectivity index (χ2n) is 10.4. The number of likely N-dealkylation sites (tertiary alicyclic amines) is 1. The van der Waals surface area contributed by atoms with Crippen LogP contribution >= 0.6 is 0 Å². The molecule has 7 heteroatoms. The fraction of sp³-hybridized carbons (Fsp3) is 0.962. The van der Waals surface area contributed by atoms with Crippen LogP contribution < -0.4 is 5.32 Å². The van der Waals surface area contributed by atoms with Gasteiger partial charge in [-0.2, -0.15) is 8.42 Å². The van der Waals surface area contributed by atoms with E-state index in [2.05, 4.69) is 26.1 Å². The van der Waals surface area contributed by atoms with Crippen LogP contribution in [0.15, 0.2) is 0 Å². The van der Waals surface area contributed by atoms with Crippen molar-refractivity contribution < 1.29 is 17.8 Å². The average molecular weight is 491 g/mol. The van der Waals surface area contributed by atoms with E-state index in [4.69, 9.17) is 4.55 Å². The van der Waals surface area contributed by atoms with Crippen LogP contribution in [0.25, 0.3) is 0 Å². The minimum atomic E-state index is -3.67. The van der Waals surface area contributed by atoms with E-state index in [9.17, 15) is 13.2 Å². The standard InChI is InChI=1S/C25H50N2O.CH4O3S/c1-4-5-6-7-8-9-10-11-12-13-14-15-16-17-18-21-25(2,3)26-23-27-22-19-20-24(27)28;1-5(2,3)4/h26H,4-23H2,1-3H3;1H3,(H,2,3,4). The minimum Gasteiger partial charge on any atom is -0.330 e. The lowest BCUT2D eigenvalue weighted by Crippen LogP contribution is -2.46. The van der Waals surface area contributed by atoms with E-state index in [1.165, 1.54) is 103 Å². The Labute approximate surface area is 205 Å². The topological polar surface area (TPSA) is 86.7 Å². The second-order valence-corrected chi connectivity index (χ2v) is 11.9. The molecule has 0 unspecified atom stereocenters. The Bertz CT molecular complexity index is 571. The first-order valence-corrected chi connectivity index (χ1v) is 15.4. The van der Waals surface area contributed by atoms with Gasteiger partial charge in [0.1, 0.15) is 0 Å². The predicted octanol–water partition coefficient (Wildman–Crippen LogP) is 6.70. The Morgan fingerprint density at radius 2 is 1.24 bits per heavy atom. The summed E-state index contributed by atoms with van der Waals surface area (Å²) in [7, 11) is -3.67. The maximum atomic E-state index is 11.7. The molecule has 0 aromatic rings. The summed E-state index contributed by atoms with van der Waals surface area (Å²) in [4.78, 5) is 13.7. The average Bonchev–Trinajstić information content (AvgIpc) is 3.13. The first-order chi connectivity index (χ1) is 15.5. The Balaban J connectivity index is 0.00000184. The van der Waals surface area contributed by atoms with Gasteiger partial charge in [-0.3, -0.25) is 14.7 Å². The maximum Gasteiger partial charge on any atom is 0.261 e. The second kappa shape index (κ2) is 19.6. The molecule has 1 heterocycles. The van der Waals surface area contributed by atoms with Crippen LogP contribution in [0.5, 0.6) is 0 Å². The summed E-state index contributed by atoms with van der Waals surface area (Å²) in [5, 5.41) is 3.59. The van der Waals surface area contributed by atoms with Gasteiger partial charge < -0.3 is 4.90 Å². The van der Waals surface area contributed by atoms with E-state index in [0.717, 1.165) is 26.1 Å². The first-order valence-electron chi connectivity index (χ1n) is 13.5. The molecule has 0 radical (unpaired) electrons. The molecule has 1 aliphatic rings. The zero-order valence-electron chi connectivity index (χ0n) is 22.2. The molecule has 0 bridgehead atoms. The van der Waals surface area contributed by atoms with Gasteiger partial charge in [0.15, 0.2) is 0 Å². The van der Waals surface area contributed by atoms with Gasteiger partial charge in [0, 0.05) is 18.5 Å². The van der Waals surface area contributed by atoms with Gasteiger partial charge in [-0.15, -0.1) is 0 Å². The molecule has 1 amide bonds. The molecular weight excluding hydrogens is 436 g/mol. The van der Waals surface area contributed by atoms with Crippen molar-refractivity contribution in [1.29, 1.82) is 0 Å². The van der Waals surface area contributed by atoms with E-state index in [-0.39, 0.29) is 5.54 Å². The number of carbonyl (C=O) groups is 1. The minimum absolute atomic E-state index is 0.138. The van der Waals surface area contributed by atoms with Crippen molar-refractivity contribution in [2.24, 2.45) is 0 Å². The number of carbonyl (C=O) groups excluding carboxylic acids is 1. The molecule has 1 rings (SSSR count). The van der Waals surface area contributed by atoms with Crippen molar-refractivity contribution in [3.05, 3.63) is 0 Å². The lowest BCUT2D eigenvalue weighted by Gasteiger charge is -2.29. The van der Waals surface area contributed by atoms with E-state index in [0.29, 0.717) is 12.2 Å². The monoisotopic (exact) mass is 490 g/mol. The zero-order chi connectivity index (χ0) is 25.0. The normalized spacial score (nSPS) is 14.5. The van der Waals surface area contributed by atoms with Crippen molar-refractivity contribution in [3.63, 3.8) is 0 Å². The van der Waals surface area contributed by atoms with E-state index >= 15 is 0 Å². The highest BCUT2D eigenvalue weighted by Gasteiger charge is 2.23. The number of unbranched alkanes of at least 4 members (excludes halogenated alkanes) is 14. The number of nitrogens with zero attached hydrogens (tertiary/aromatic N) is 1. The third kappa shape index (κ3) is 24.3. The van der Waals surface area contributed by atoms with Gasteiger partial charge in [0.25, 0.3) is 10.1 Å². The number of rotatable bonds is 19. The van der Waals surface area contributed by atoms with Crippen LogP contribution in [-0.4, -0.2) is 48.8 Å². The lowest BCUT2D eigenvalue weighted by atomic mass is 9.96. The van der Waals surface area contributed by atoms with Crippen LogP contribution in [-0.2, 0) is 14.9 Å². The third-order valence-corrected chi connectivity index (χ3v) is 6.33.